The zero-order chi connectivity index (χ0) is 19.9. The number of likely N-dealkylation sites (tertiary alicyclic amines) is 2. The molecule has 5 nitrogen and oxygen atoms in total. The third-order valence-corrected chi connectivity index (χ3v) is 6.42. The zero-order valence-electron chi connectivity index (χ0n) is 17.2. The molecule has 154 valence electrons. The number of rotatable bonds is 6. The van der Waals surface area contributed by atoms with E-state index >= 15 is 0 Å². The first-order valence-electron chi connectivity index (χ1n) is 10.9. The minimum absolute atomic E-state index is 0.0490. The summed E-state index contributed by atoms with van der Waals surface area (Å²) in [5.41, 5.74) is 7.10. The van der Waals surface area contributed by atoms with E-state index < -0.39 is 6.04 Å². The van der Waals surface area contributed by atoms with Crippen molar-refractivity contribution < 1.29 is 9.59 Å². The number of amides is 2. The van der Waals surface area contributed by atoms with Gasteiger partial charge in [0, 0.05) is 32.6 Å². The number of hydrogen-bond donors (Lipinski definition) is 1. The van der Waals surface area contributed by atoms with Gasteiger partial charge in [0.15, 0.2) is 0 Å². The first-order chi connectivity index (χ1) is 13.5. The molecular weight excluding hydrogens is 350 g/mol. The molecule has 0 radical (unpaired) electrons. The Kier molecular flexibility index (Phi) is 7.49. The normalized spacial score (nSPS) is 20.2. The molecule has 2 fully saturated rings. The summed E-state index contributed by atoms with van der Waals surface area (Å²) in [6, 6.07) is 10.2. The molecule has 1 aromatic carbocycles. The summed E-state index contributed by atoms with van der Waals surface area (Å²) >= 11 is 0. The number of nitrogens with two attached hydrogens (primary N) is 1. The third-order valence-electron chi connectivity index (χ3n) is 6.42. The highest BCUT2D eigenvalue weighted by molar-refractivity contribution is 5.81. The standard InChI is InChI=1S/C23H35N3O2/c1-18(24)23(28)26-15-9-19(10-16-26)7-8-22(27)25-13-11-21(12-14-25)17-20-5-3-2-4-6-20/h2-6,18-19,21H,7-17,24H2,1H3/t18-/m0/s1. The lowest BCUT2D eigenvalue weighted by Crippen LogP contribution is -2.46. The van der Waals surface area contributed by atoms with Gasteiger partial charge in [-0.15, -0.1) is 0 Å². The van der Waals surface area contributed by atoms with Gasteiger partial charge >= 0.3 is 0 Å². The van der Waals surface area contributed by atoms with Crippen LogP contribution in [0.4, 0.5) is 0 Å². The molecule has 0 unspecified atom stereocenters. The van der Waals surface area contributed by atoms with E-state index in [9.17, 15) is 9.59 Å². The minimum atomic E-state index is -0.414. The molecule has 0 saturated carbocycles. The van der Waals surface area contributed by atoms with E-state index in [1.54, 1.807) is 6.92 Å². The van der Waals surface area contributed by atoms with Crippen molar-refractivity contribution in [3.8, 4) is 0 Å². The van der Waals surface area contributed by atoms with Crippen LogP contribution in [0, 0.1) is 11.8 Å². The predicted molar refractivity (Wildman–Crippen MR) is 112 cm³/mol. The molecule has 2 heterocycles. The van der Waals surface area contributed by atoms with E-state index in [-0.39, 0.29) is 5.91 Å². The highest BCUT2D eigenvalue weighted by Crippen LogP contribution is 2.25. The topological polar surface area (TPSA) is 66.6 Å². The van der Waals surface area contributed by atoms with Gasteiger partial charge in [0.2, 0.25) is 11.8 Å². The number of carbonyl (C=O) groups excluding carboxylic acids is 2. The molecule has 2 saturated heterocycles. The SMILES string of the molecule is C[C@H](N)C(=O)N1CCC(CCC(=O)N2CCC(Cc3ccccc3)CC2)CC1. The minimum Gasteiger partial charge on any atom is -0.343 e. The van der Waals surface area contributed by atoms with Crippen LogP contribution in [-0.4, -0.2) is 53.8 Å². The molecule has 0 aromatic heterocycles. The molecule has 1 atom stereocenters. The largest absolute Gasteiger partial charge is 0.343 e. The maximum Gasteiger partial charge on any atom is 0.239 e. The fourth-order valence-corrected chi connectivity index (χ4v) is 4.55. The van der Waals surface area contributed by atoms with Crippen LogP contribution >= 0.6 is 0 Å². The van der Waals surface area contributed by atoms with Gasteiger partial charge < -0.3 is 15.5 Å². The van der Waals surface area contributed by atoms with Crippen molar-refractivity contribution in [2.24, 2.45) is 17.6 Å². The van der Waals surface area contributed by atoms with E-state index in [0.29, 0.717) is 24.2 Å². The van der Waals surface area contributed by atoms with E-state index in [0.717, 1.165) is 64.7 Å². The molecule has 0 aliphatic carbocycles. The number of piperidine rings is 2. The van der Waals surface area contributed by atoms with Gasteiger partial charge in [-0.2, -0.15) is 0 Å². The second-order valence-corrected chi connectivity index (χ2v) is 8.61. The Labute approximate surface area is 169 Å². The average Bonchev–Trinajstić information content (AvgIpc) is 2.73. The summed E-state index contributed by atoms with van der Waals surface area (Å²) in [6.45, 7) is 5.11. The Morgan fingerprint density at radius 3 is 2.14 bits per heavy atom. The van der Waals surface area contributed by atoms with E-state index in [2.05, 4.69) is 35.2 Å². The van der Waals surface area contributed by atoms with Crippen LogP contribution in [0.1, 0.15) is 51.0 Å². The molecule has 0 bridgehead atoms. The Hall–Kier alpha value is -1.88. The predicted octanol–water partition coefficient (Wildman–Crippen LogP) is 2.83. The maximum atomic E-state index is 12.6. The van der Waals surface area contributed by atoms with Crippen molar-refractivity contribution in [3.05, 3.63) is 35.9 Å². The van der Waals surface area contributed by atoms with E-state index in [4.69, 9.17) is 5.73 Å². The van der Waals surface area contributed by atoms with E-state index in [1.807, 2.05) is 4.90 Å². The fourth-order valence-electron chi connectivity index (χ4n) is 4.55. The van der Waals surface area contributed by atoms with Gasteiger partial charge in [-0.1, -0.05) is 30.3 Å². The Morgan fingerprint density at radius 2 is 1.54 bits per heavy atom. The van der Waals surface area contributed by atoms with Crippen molar-refractivity contribution in [3.63, 3.8) is 0 Å². The highest BCUT2D eigenvalue weighted by atomic mass is 16.2. The van der Waals surface area contributed by atoms with Crippen molar-refractivity contribution in [2.75, 3.05) is 26.2 Å². The maximum absolute atomic E-state index is 12.6. The molecule has 2 amide bonds. The van der Waals surface area contributed by atoms with Crippen LogP contribution < -0.4 is 5.73 Å². The molecule has 2 N–H and O–H groups in total. The van der Waals surface area contributed by atoms with Crippen LogP contribution in [0.15, 0.2) is 30.3 Å². The molecule has 2 aliphatic heterocycles. The third kappa shape index (κ3) is 5.81. The second-order valence-electron chi connectivity index (χ2n) is 8.61. The van der Waals surface area contributed by atoms with Gasteiger partial charge in [0.25, 0.3) is 0 Å². The lowest BCUT2D eigenvalue weighted by atomic mass is 9.89. The van der Waals surface area contributed by atoms with Crippen molar-refractivity contribution in [1.82, 2.24) is 9.80 Å². The fraction of sp³-hybridized carbons (Fsp3) is 0.652. The quantitative estimate of drug-likeness (QED) is 0.819. The molecule has 5 heteroatoms. The lowest BCUT2D eigenvalue weighted by molar-refractivity contribution is -0.135. The first kappa shape index (κ1) is 20.8. The molecule has 1 aromatic rings. The highest BCUT2D eigenvalue weighted by Gasteiger charge is 2.26. The summed E-state index contributed by atoms with van der Waals surface area (Å²) in [7, 11) is 0. The van der Waals surface area contributed by atoms with Gasteiger partial charge in [-0.25, -0.2) is 0 Å². The lowest BCUT2D eigenvalue weighted by Gasteiger charge is -2.34. The number of nitrogens with zero attached hydrogens (tertiary/aromatic N) is 2. The zero-order valence-corrected chi connectivity index (χ0v) is 17.2. The average molecular weight is 386 g/mol. The Balaban J connectivity index is 1.33. The van der Waals surface area contributed by atoms with Crippen molar-refractivity contribution in [1.29, 1.82) is 0 Å². The summed E-state index contributed by atoms with van der Waals surface area (Å²) in [4.78, 5) is 28.5. The van der Waals surface area contributed by atoms with Crippen LogP contribution in [0.5, 0.6) is 0 Å². The summed E-state index contributed by atoms with van der Waals surface area (Å²) in [6.07, 6.45) is 6.92. The molecule has 2 aliphatic rings. The molecular formula is C23H35N3O2. The molecule has 0 spiro atoms. The summed E-state index contributed by atoms with van der Waals surface area (Å²) < 4.78 is 0. The Bertz CT molecular complexity index is 631. The molecule has 3 rings (SSSR count). The van der Waals surface area contributed by atoms with Gasteiger partial charge in [-0.3, -0.25) is 9.59 Å². The summed E-state index contributed by atoms with van der Waals surface area (Å²) in [5.74, 6) is 1.61. The number of carbonyl (C=O) groups is 2. The second kappa shape index (κ2) is 10.1. The van der Waals surface area contributed by atoms with Crippen LogP contribution in [0.2, 0.25) is 0 Å². The molecule has 28 heavy (non-hydrogen) atoms. The first-order valence-corrected chi connectivity index (χ1v) is 10.9. The van der Waals surface area contributed by atoms with Gasteiger partial charge in [0.05, 0.1) is 6.04 Å². The van der Waals surface area contributed by atoms with Crippen molar-refractivity contribution >= 4 is 11.8 Å². The van der Waals surface area contributed by atoms with Crippen LogP contribution in [0.3, 0.4) is 0 Å². The monoisotopic (exact) mass is 385 g/mol. The van der Waals surface area contributed by atoms with E-state index in [1.165, 1.54) is 5.56 Å². The summed E-state index contributed by atoms with van der Waals surface area (Å²) in [5, 5.41) is 0. The smallest absolute Gasteiger partial charge is 0.239 e. The number of benzene rings is 1. The van der Waals surface area contributed by atoms with Crippen molar-refractivity contribution in [2.45, 2.75) is 57.9 Å². The van der Waals surface area contributed by atoms with Gasteiger partial charge in [-0.05, 0) is 62.8 Å². The number of hydrogen-bond acceptors (Lipinski definition) is 3. The van der Waals surface area contributed by atoms with Crippen LogP contribution in [0.25, 0.3) is 0 Å². The van der Waals surface area contributed by atoms with Crippen LogP contribution in [-0.2, 0) is 16.0 Å². The van der Waals surface area contributed by atoms with Gasteiger partial charge in [0.1, 0.15) is 0 Å². The Morgan fingerprint density at radius 1 is 0.964 bits per heavy atom.